The number of rotatable bonds is 2. The molecule has 3 heterocycles. The minimum absolute atomic E-state index is 0.110. The van der Waals surface area contributed by atoms with Crippen molar-refractivity contribution in [3.8, 4) is 11.3 Å². The van der Waals surface area contributed by atoms with Crippen LogP contribution >= 0.6 is 11.8 Å². The normalized spacial score (nSPS) is 18.1. The molecule has 21 heavy (non-hydrogen) atoms. The summed E-state index contributed by atoms with van der Waals surface area (Å²) in [5, 5.41) is 0.798. The summed E-state index contributed by atoms with van der Waals surface area (Å²) in [6, 6.07) is 8.36. The summed E-state index contributed by atoms with van der Waals surface area (Å²) in [5.74, 6) is 0.608. The molecule has 0 radical (unpaired) electrons. The van der Waals surface area contributed by atoms with Crippen LogP contribution in [0.5, 0.6) is 0 Å². The van der Waals surface area contributed by atoms with Crippen LogP contribution in [0.4, 0.5) is 5.69 Å². The molecule has 1 aromatic heterocycles. The number of hydrogen-bond donors (Lipinski definition) is 0. The van der Waals surface area contributed by atoms with Gasteiger partial charge in [-0.2, -0.15) is 0 Å². The Kier molecular flexibility index (Phi) is 3.20. The van der Waals surface area contributed by atoms with Gasteiger partial charge in [-0.25, -0.2) is 4.98 Å². The van der Waals surface area contributed by atoms with E-state index in [1.54, 1.807) is 4.57 Å². The van der Waals surface area contributed by atoms with E-state index in [1.165, 1.54) is 17.4 Å². The summed E-state index contributed by atoms with van der Waals surface area (Å²) in [7, 11) is 0. The van der Waals surface area contributed by atoms with Gasteiger partial charge in [0.2, 0.25) is 5.91 Å². The molecule has 2 aliphatic heterocycles. The van der Waals surface area contributed by atoms with E-state index in [2.05, 4.69) is 34.1 Å². The third-order valence-electron chi connectivity index (χ3n) is 3.81. The predicted molar refractivity (Wildman–Crippen MR) is 82.0 cm³/mol. The third kappa shape index (κ3) is 2.34. The van der Waals surface area contributed by atoms with Crippen molar-refractivity contribution < 1.29 is 9.53 Å². The van der Waals surface area contributed by atoms with Crippen molar-refractivity contribution >= 4 is 23.4 Å². The van der Waals surface area contributed by atoms with Gasteiger partial charge in [0, 0.05) is 30.5 Å². The van der Waals surface area contributed by atoms with Gasteiger partial charge in [-0.15, -0.1) is 0 Å². The first kappa shape index (κ1) is 12.9. The Morgan fingerprint density at radius 3 is 2.62 bits per heavy atom. The molecule has 2 aliphatic rings. The van der Waals surface area contributed by atoms with Gasteiger partial charge in [-0.05, 0) is 12.1 Å². The summed E-state index contributed by atoms with van der Waals surface area (Å²) in [6.45, 7) is 3.44. The number of benzene rings is 1. The Bertz CT molecular complexity index is 675. The van der Waals surface area contributed by atoms with Crippen molar-refractivity contribution in [2.45, 2.75) is 5.16 Å². The number of aromatic nitrogens is 2. The Balaban J connectivity index is 1.58. The number of carbonyl (C=O) groups excluding carboxylic acids is 1. The van der Waals surface area contributed by atoms with Gasteiger partial charge >= 0.3 is 0 Å². The highest BCUT2D eigenvalue weighted by atomic mass is 32.2. The summed E-state index contributed by atoms with van der Waals surface area (Å²) >= 11 is 1.50. The highest BCUT2D eigenvalue weighted by molar-refractivity contribution is 8.00. The van der Waals surface area contributed by atoms with Gasteiger partial charge in [-0.1, -0.05) is 23.9 Å². The Labute approximate surface area is 126 Å². The number of ether oxygens (including phenoxy) is 1. The first-order chi connectivity index (χ1) is 10.3. The molecule has 1 aromatic carbocycles. The largest absolute Gasteiger partial charge is 0.378 e. The number of fused-ring (bicyclic) bond motifs is 1. The van der Waals surface area contributed by atoms with Crippen molar-refractivity contribution in [3.05, 3.63) is 30.5 Å². The predicted octanol–water partition coefficient (Wildman–Crippen LogP) is 2.13. The Hall–Kier alpha value is -1.79. The molecule has 4 rings (SSSR count). The van der Waals surface area contributed by atoms with Crippen molar-refractivity contribution in [1.82, 2.24) is 9.55 Å². The van der Waals surface area contributed by atoms with Gasteiger partial charge in [0.25, 0.3) is 0 Å². The SMILES string of the molecule is O=C1CSc2nc(-c3ccc(N4CCOCC4)cc3)cn21. The average molecular weight is 301 g/mol. The molecule has 0 aliphatic carbocycles. The lowest BCUT2D eigenvalue weighted by molar-refractivity contribution is 0.0939. The molecule has 1 saturated heterocycles. The monoisotopic (exact) mass is 301 g/mol. The molecule has 0 amide bonds. The van der Waals surface area contributed by atoms with Crippen LogP contribution in [0, 0.1) is 0 Å². The lowest BCUT2D eigenvalue weighted by atomic mass is 10.1. The maximum absolute atomic E-state index is 11.7. The van der Waals surface area contributed by atoms with Crippen LogP contribution in [0.25, 0.3) is 11.3 Å². The van der Waals surface area contributed by atoms with Crippen molar-refractivity contribution in [2.75, 3.05) is 37.0 Å². The quantitative estimate of drug-likeness (QED) is 0.850. The van der Waals surface area contributed by atoms with Gasteiger partial charge in [0.1, 0.15) is 0 Å². The van der Waals surface area contributed by atoms with E-state index in [9.17, 15) is 4.79 Å². The highest BCUT2D eigenvalue weighted by Gasteiger charge is 2.22. The summed E-state index contributed by atoms with van der Waals surface area (Å²) in [5.41, 5.74) is 3.11. The minimum Gasteiger partial charge on any atom is -0.378 e. The molecule has 2 aromatic rings. The Morgan fingerprint density at radius 2 is 1.90 bits per heavy atom. The van der Waals surface area contributed by atoms with E-state index in [0.717, 1.165) is 42.7 Å². The second kappa shape index (κ2) is 5.20. The lowest BCUT2D eigenvalue weighted by Crippen LogP contribution is -2.36. The number of hydrogen-bond acceptors (Lipinski definition) is 5. The van der Waals surface area contributed by atoms with E-state index in [4.69, 9.17) is 4.74 Å². The van der Waals surface area contributed by atoms with Crippen LogP contribution < -0.4 is 4.90 Å². The first-order valence-corrected chi connectivity index (χ1v) is 7.98. The minimum atomic E-state index is 0.110. The van der Waals surface area contributed by atoms with E-state index in [1.807, 2.05) is 6.20 Å². The maximum atomic E-state index is 11.7. The van der Waals surface area contributed by atoms with Crippen LogP contribution in [0.15, 0.2) is 35.6 Å². The fraction of sp³-hybridized carbons (Fsp3) is 0.333. The van der Waals surface area contributed by atoms with Crippen LogP contribution in [0.3, 0.4) is 0 Å². The highest BCUT2D eigenvalue weighted by Crippen LogP contribution is 2.29. The zero-order valence-electron chi connectivity index (χ0n) is 11.5. The van der Waals surface area contributed by atoms with Crippen molar-refractivity contribution in [3.63, 3.8) is 0 Å². The number of imidazole rings is 1. The zero-order chi connectivity index (χ0) is 14.2. The van der Waals surface area contributed by atoms with Crippen LogP contribution in [-0.2, 0) is 4.74 Å². The second-order valence-corrected chi connectivity index (χ2v) is 6.05. The molecular formula is C15H15N3O2S. The summed E-state index contributed by atoms with van der Waals surface area (Å²) < 4.78 is 7.02. The van der Waals surface area contributed by atoms with Gasteiger partial charge in [-0.3, -0.25) is 9.36 Å². The second-order valence-electron chi connectivity index (χ2n) is 5.11. The van der Waals surface area contributed by atoms with E-state index >= 15 is 0 Å². The summed E-state index contributed by atoms with van der Waals surface area (Å²) in [4.78, 5) is 18.5. The van der Waals surface area contributed by atoms with Crippen LogP contribution in [-0.4, -0.2) is 47.5 Å². The molecule has 1 fully saturated rings. The molecule has 0 unspecified atom stereocenters. The molecular weight excluding hydrogens is 286 g/mol. The Morgan fingerprint density at radius 1 is 1.14 bits per heavy atom. The zero-order valence-corrected chi connectivity index (χ0v) is 12.3. The molecule has 108 valence electrons. The maximum Gasteiger partial charge on any atom is 0.243 e. The van der Waals surface area contributed by atoms with Gasteiger partial charge in [0.05, 0.1) is 24.7 Å². The molecule has 0 saturated carbocycles. The fourth-order valence-electron chi connectivity index (χ4n) is 2.64. The molecule has 0 bridgehead atoms. The molecule has 6 heteroatoms. The number of morpholine rings is 1. The fourth-order valence-corrected chi connectivity index (χ4v) is 3.49. The van der Waals surface area contributed by atoms with Crippen molar-refractivity contribution in [1.29, 1.82) is 0 Å². The number of thioether (sulfide) groups is 1. The molecule has 0 N–H and O–H groups in total. The van der Waals surface area contributed by atoms with E-state index in [0.29, 0.717) is 5.75 Å². The smallest absolute Gasteiger partial charge is 0.243 e. The van der Waals surface area contributed by atoms with E-state index in [-0.39, 0.29) is 5.91 Å². The third-order valence-corrected chi connectivity index (χ3v) is 4.74. The van der Waals surface area contributed by atoms with Crippen LogP contribution in [0.2, 0.25) is 0 Å². The average Bonchev–Trinajstić information content (AvgIpc) is 3.11. The standard InChI is InChI=1S/C15H15N3O2S/c19-14-10-21-15-16-13(9-18(14)15)11-1-3-12(4-2-11)17-5-7-20-8-6-17/h1-4,9H,5-8,10H2. The number of nitrogens with zero attached hydrogens (tertiary/aromatic N) is 3. The lowest BCUT2D eigenvalue weighted by Gasteiger charge is -2.28. The molecule has 5 nitrogen and oxygen atoms in total. The van der Waals surface area contributed by atoms with Crippen molar-refractivity contribution in [2.24, 2.45) is 0 Å². The van der Waals surface area contributed by atoms with Crippen LogP contribution in [0.1, 0.15) is 4.79 Å². The summed E-state index contributed by atoms with van der Waals surface area (Å²) in [6.07, 6.45) is 1.83. The van der Waals surface area contributed by atoms with E-state index < -0.39 is 0 Å². The topological polar surface area (TPSA) is 47.4 Å². The van der Waals surface area contributed by atoms with Gasteiger partial charge < -0.3 is 9.64 Å². The van der Waals surface area contributed by atoms with Gasteiger partial charge in [0.15, 0.2) is 5.16 Å². The first-order valence-electron chi connectivity index (χ1n) is 7.00. The molecule has 0 atom stereocenters. The molecule has 0 spiro atoms. The number of anilines is 1. The number of carbonyl (C=O) groups is 1.